The second-order valence-corrected chi connectivity index (χ2v) is 6.65. The molecule has 7 heteroatoms. The van der Waals surface area contributed by atoms with Gasteiger partial charge in [0.2, 0.25) is 6.79 Å². The number of carbonyl (C=O) groups excluding carboxylic acids is 1. The van der Waals surface area contributed by atoms with Crippen molar-refractivity contribution in [1.29, 1.82) is 0 Å². The number of carbonyl (C=O) groups is 1. The number of nitrogens with one attached hydrogen (secondary N) is 2. The number of aryl methyl sites for hydroxylation is 1. The number of ether oxygens (including phenoxy) is 2. The molecule has 0 fully saturated rings. The molecule has 2 amide bonds. The van der Waals surface area contributed by atoms with Gasteiger partial charge in [-0.05, 0) is 42.8 Å². The van der Waals surface area contributed by atoms with Crippen LogP contribution < -0.4 is 20.1 Å². The molecule has 6 nitrogen and oxygen atoms in total. The van der Waals surface area contributed by atoms with Crippen LogP contribution in [0.3, 0.4) is 0 Å². The lowest BCUT2D eigenvalue weighted by Gasteiger charge is -2.08. The maximum atomic E-state index is 12.1. The normalized spacial score (nSPS) is 12.4. The SMILES string of the molecule is Cc1nc2cc(NC(=O)NCc3ccc4c(c3)OCO4)ccc2s1. The van der Waals surface area contributed by atoms with Crippen LogP contribution in [-0.2, 0) is 6.54 Å². The second-order valence-electron chi connectivity index (χ2n) is 5.41. The highest BCUT2D eigenvalue weighted by Gasteiger charge is 2.13. The molecule has 24 heavy (non-hydrogen) atoms. The molecule has 0 atom stereocenters. The molecular weight excluding hydrogens is 326 g/mol. The highest BCUT2D eigenvalue weighted by Crippen LogP contribution is 2.32. The number of hydrogen-bond acceptors (Lipinski definition) is 5. The molecule has 3 aromatic rings. The first-order chi connectivity index (χ1) is 11.7. The van der Waals surface area contributed by atoms with E-state index in [0.29, 0.717) is 12.3 Å². The zero-order valence-electron chi connectivity index (χ0n) is 13.0. The van der Waals surface area contributed by atoms with E-state index in [1.165, 1.54) is 0 Å². The number of aromatic nitrogens is 1. The molecule has 2 aromatic carbocycles. The monoisotopic (exact) mass is 341 g/mol. The van der Waals surface area contributed by atoms with Crippen LogP contribution in [0, 0.1) is 6.92 Å². The van der Waals surface area contributed by atoms with E-state index >= 15 is 0 Å². The Bertz CT molecular complexity index is 923. The molecule has 0 radical (unpaired) electrons. The van der Waals surface area contributed by atoms with Crippen molar-refractivity contribution >= 4 is 33.3 Å². The van der Waals surface area contributed by atoms with Crippen molar-refractivity contribution in [2.24, 2.45) is 0 Å². The molecule has 0 saturated heterocycles. The molecule has 0 bridgehead atoms. The number of rotatable bonds is 3. The van der Waals surface area contributed by atoms with Crippen molar-refractivity contribution in [3.63, 3.8) is 0 Å². The standard InChI is InChI=1S/C17H15N3O3S/c1-10-19-13-7-12(3-5-16(13)24-10)20-17(21)18-8-11-2-4-14-15(6-11)23-9-22-14/h2-7H,8-9H2,1H3,(H2,18,20,21). The van der Waals surface area contributed by atoms with Crippen LogP contribution in [0.4, 0.5) is 10.5 Å². The van der Waals surface area contributed by atoms with Crippen LogP contribution in [0.5, 0.6) is 11.5 Å². The zero-order chi connectivity index (χ0) is 16.5. The molecule has 1 aliphatic heterocycles. The first-order valence-corrected chi connectivity index (χ1v) is 8.29. The van der Waals surface area contributed by atoms with Crippen LogP contribution in [0.25, 0.3) is 10.2 Å². The summed E-state index contributed by atoms with van der Waals surface area (Å²) in [5.41, 5.74) is 2.56. The van der Waals surface area contributed by atoms with Crippen LogP contribution in [0.2, 0.25) is 0 Å². The quantitative estimate of drug-likeness (QED) is 0.763. The summed E-state index contributed by atoms with van der Waals surface area (Å²) in [6, 6.07) is 11.1. The summed E-state index contributed by atoms with van der Waals surface area (Å²) in [6.45, 7) is 2.61. The second kappa shape index (κ2) is 6.01. The van der Waals surface area contributed by atoms with Crippen molar-refractivity contribution in [1.82, 2.24) is 10.3 Å². The van der Waals surface area contributed by atoms with Gasteiger partial charge in [-0.25, -0.2) is 9.78 Å². The summed E-state index contributed by atoms with van der Waals surface area (Å²) in [6.07, 6.45) is 0. The van der Waals surface area contributed by atoms with Crippen molar-refractivity contribution in [2.45, 2.75) is 13.5 Å². The predicted octanol–water partition coefficient (Wildman–Crippen LogP) is 3.66. The number of benzene rings is 2. The topological polar surface area (TPSA) is 72.5 Å². The number of fused-ring (bicyclic) bond motifs is 2. The van der Waals surface area contributed by atoms with E-state index in [4.69, 9.17) is 9.47 Å². The highest BCUT2D eigenvalue weighted by atomic mass is 32.1. The lowest BCUT2D eigenvalue weighted by Crippen LogP contribution is -2.28. The number of amides is 2. The number of nitrogens with zero attached hydrogens (tertiary/aromatic N) is 1. The van der Waals surface area contributed by atoms with Crippen molar-refractivity contribution in [2.75, 3.05) is 12.1 Å². The lowest BCUT2D eigenvalue weighted by molar-refractivity contribution is 0.174. The Balaban J connectivity index is 1.38. The van der Waals surface area contributed by atoms with Crippen molar-refractivity contribution in [3.05, 3.63) is 47.0 Å². The van der Waals surface area contributed by atoms with E-state index in [2.05, 4.69) is 15.6 Å². The van der Waals surface area contributed by atoms with Gasteiger partial charge in [-0.3, -0.25) is 0 Å². The highest BCUT2D eigenvalue weighted by molar-refractivity contribution is 7.18. The van der Waals surface area contributed by atoms with Gasteiger partial charge in [-0.15, -0.1) is 11.3 Å². The van der Waals surface area contributed by atoms with Crippen LogP contribution in [-0.4, -0.2) is 17.8 Å². The van der Waals surface area contributed by atoms with Crippen LogP contribution in [0.15, 0.2) is 36.4 Å². The minimum atomic E-state index is -0.265. The summed E-state index contributed by atoms with van der Waals surface area (Å²) < 4.78 is 11.7. The molecular formula is C17H15N3O3S. The Labute approximate surface area is 142 Å². The fourth-order valence-corrected chi connectivity index (χ4v) is 3.34. The average molecular weight is 341 g/mol. The van der Waals surface area contributed by atoms with Gasteiger partial charge in [0.15, 0.2) is 11.5 Å². The van der Waals surface area contributed by atoms with E-state index in [9.17, 15) is 4.79 Å². The molecule has 2 heterocycles. The van der Waals surface area contributed by atoms with E-state index in [1.54, 1.807) is 11.3 Å². The maximum absolute atomic E-state index is 12.1. The third-order valence-electron chi connectivity index (χ3n) is 3.64. The third-order valence-corrected chi connectivity index (χ3v) is 4.59. The summed E-state index contributed by atoms with van der Waals surface area (Å²) >= 11 is 1.64. The van der Waals surface area contributed by atoms with Gasteiger partial charge in [-0.1, -0.05) is 6.07 Å². The molecule has 2 N–H and O–H groups in total. The lowest BCUT2D eigenvalue weighted by atomic mass is 10.2. The third kappa shape index (κ3) is 2.98. The number of anilines is 1. The van der Waals surface area contributed by atoms with Gasteiger partial charge in [0.1, 0.15) is 0 Å². The van der Waals surface area contributed by atoms with Gasteiger partial charge in [0.05, 0.1) is 15.2 Å². The molecule has 0 aliphatic carbocycles. The Morgan fingerprint density at radius 3 is 3.00 bits per heavy atom. The molecule has 0 saturated carbocycles. The van der Waals surface area contributed by atoms with E-state index in [0.717, 1.165) is 32.2 Å². The summed E-state index contributed by atoms with van der Waals surface area (Å²) in [5, 5.41) is 6.66. The number of hydrogen-bond donors (Lipinski definition) is 2. The van der Waals surface area contributed by atoms with E-state index < -0.39 is 0 Å². The Hall–Kier alpha value is -2.80. The van der Waals surface area contributed by atoms with Crippen LogP contribution >= 0.6 is 11.3 Å². The Kier molecular flexibility index (Phi) is 3.70. The van der Waals surface area contributed by atoms with Gasteiger partial charge in [0, 0.05) is 12.2 Å². The van der Waals surface area contributed by atoms with E-state index in [1.807, 2.05) is 43.3 Å². The van der Waals surface area contributed by atoms with Crippen molar-refractivity contribution < 1.29 is 14.3 Å². The summed E-state index contributed by atoms with van der Waals surface area (Å²) in [7, 11) is 0. The van der Waals surface area contributed by atoms with Gasteiger partial charge in [0.25, 0.3) is 0 Å². The van der Waals surface area contributed by atoms with Crippen LogP contribution in [0.1, 0.15) is 10.6 Å². The molecule has 1 aromatic heterocycles. The van der Waals surface area contributed by atoms with Gasteiger partial charge in [-0.2, -0.15) is 0 Å². The summed E-state index contributed by atoms with van der Waals surface area (Å²) in [5.74, 6) is 1.44. The van der Waals surface area contributed by atoms with Crippen molar-refractivity contribution in [3.8, 4) is 11.5 Å². The minimum Gasteiger partial charge on any atom is -0.454 e. The molecule has 1 aliphatic rings. The molecule has 0 unspecified atom stereocenters. The first kappa shape index (κ1) is 14.8. The van der Waals surface area contributed by atoms with Gasteiger partial charge >= 0.3 is 6.03 Å². The molecule has 4 rings (SSSR count). The van der Waals surface area contributed by atoms with Gasteiger partial charge < -0.3 is 20.1 Å². The first-order valence-electron chi connectivity index (χ1n) is 7.48. The smallest absolute Gasteiger partial charge is 0.319 e. The predicted molar refractivity (Wildman–Crippen MR) is 92.8 cm³/mol. The zero-order valence-corrected chi connectivity index (χ0v) is 13.8. The van der Waals surface area contributed by atoms with E-state index in [-0.39, 0.29) is 12.8 Å². The minimum absolute atomic E-state index is 0.241. The maximum Gasteiger partial charge on any atom is 0.319 e. The fraction of sp³-hybridized carbons (Fsp3) is 0.176. The number of urea groups is 1. The fourth-order valence-electron chi connectivity index (χ4n) is 2.53. The molecule has 0 spiro atoms. The average Bonchev–Trinajstić information content (AvgIpc) is 3.17. The Morgan fingerprint density at radius 2 is 2.08 bits per heavy atom. The Morgan fingerprint density at radius 1 is 1.21 bits per heavy atom. The summed E-state index contributed by atoms with van der Waals surface area (Å²) in [4.78, 5) is 16.5. The number of thiazole rings is 1. The molecule has 122 valence electrons. The largest absolute Gasteiger partial charge is 0.454 e.